The van der Waals surface area contributed by atoms with Gasteiger partial charge in [-0.25, -0.2) is 4.79 Å². The van der Waals surface area contributed by atoms with Crippen LogP contribution in [0.4, 0.5) is 0 Å². The number of aliphatic carboxylic acids is 1. The molecule has 0 saturated heterocycles. The second kappa shape index (κ2) is 6.82. The van der Waals surface area contributed by atoms with Crippen molar-refractivity contribution in [1.29, 1.82) is 0 Å². The maximum absolute atomic E-state index is 10.6. The van der Waals surface area contributed by atoms with Crippen LogP contribution in [-0.4, -0.2) is 23.3 Å². The fourth-order valence-corrected chi connectivity index (χ4v) is 1.65. The van der Waals surface area contributed by atoms with Crippen LogP contribution in [-0.2, 0) is 4.79 Å². The van der Waals surface area contributed by atoms with Gasteiger partial charge in [0.2, 0.25) is 0 Å². The van der Waals surface area contributed by atoms with E-state index in [1.54, 1.807) is 0 Å². The average Bonchev–Trinajstić information content (AvgIpc) is 2.53. The first-order valence-corrected chi connectivity index (χ1v) is 5.00. The second-order valence-corrected chi connectivity index (χ2v) is 3.64. The number of hydrogen-bond acceptors (Lipinski definition) is 2. The highest BCUT2D eigenvalue weighted by molar-refractivity contribution is 5.85. The normalized spacial score (nSPS) is 24.6. The van der Waals surface area contributed by atoms with Gasteiger partial charge in [-0.15, -0.1) is 12.4 Å². The van der Waals surface area contributed by atoms with E-state index in [9.17, 15) is 4.79 Å². The molecule has 0 saturated carbocycles. The van der Waals surface area contributed by atoms with E-state index in [4.69, 9.17) is 5.11 Å². The van der Waals surface area contributed by atoms with Gasteiger partial charge >= 0.3 is 5.97 Å². The smallest absolute Gasteiger partial charge is 0.328 e. The number of rotatable bonds is 5. The summed E-state index contributed by atoms with van der Waals surface area (Å²) in [5.41, 5.74) is 0. The van der Waals surface area contributed by atoms with Crippen molar-refractivity contribution in [3.8, 4) is 0 Å². The Bertz CT molecular complexity index is 206. The maximum atomic E-state index is 10.6. The standard InChI is InChI=1S/C10H17NO2.ClH/c1-2-3-4-5-8-6-9(10(12)13)11-7-8;/h7-9H,2-6H2,1H3,(H,12,13);1H. The molecule has 2 atom stereocenters. The van der Waals surface area contributed by atoms with Gasteiger partial charge in [-0.05, 0) is 18.8 Å². The van der Waals surface area contributed by atoms with E-state index in [2.05, 4.69) is 11.9 Å². The minimum Gasteiger partial charge on any atom is -0.480 e. The summed E-state index contributed by atoms with van der Waals surface area (Å²) in [5, 5.41) is 8.69. The van der Waals surface area contributed by atoms with Gasteiger partial charge in [-0.2, -0.15) is 0 Å². The fraction of sp³-hybridized carbons (Fsp3) is 0.800. The first-order valence-electron chi connectivity index (χ1n) is 5.00. The summed E-state index contributed by atoms with van der Waals surface area (Å²) in [5.74, 6) is -0.373. The lowest BCUT2D eigenvalue weighted by Gasteiger charge is -2.06. The molecule has 0 aromatic heterocycles. The molecule has 0 aromatic carbocycles. The molecule has 82 valence electrons. The molecule has 0 radical (unpaired) electrons. The van der Waals surface area contributed by atoms with Crippen molar-refractivity contribution in [2.45, 2.75) is 45.1 Å². The summed E-state index contributed by atoms with van der Waals surface area (Å²) >= 11 is 0. The van der Waals surface area contributed by atoms with Gasteiger partial charge in [0, 0.05) is 6.21 Å². The van der Waals surface area contributed by atoms with Crippen LogP contribution in [0.2, 0.25) is 0 Å². The predicted molar refractivity (Wildman–Crippen MR) is 59.4 cm³/mol. The van der Waals surface area contributed by atoms with Crippen LogP contribution >= 0.6 is 12.4 Å². The molecule has 4 heteroatoms. The number of nitrogens with zero attached hydrogens (tertiary/aromatic N) is 1. The van der Waals surface area contributed by atoms with Crippen molar-refractivity contribution >= 4 is 24.6 Å². The number of carboxylic acid groups (broad SMARTS) is 1. The lowest BCUT2D eigenvalue weighted by molar-refractivity contribution is -0.138. The molecule has 3 nitrogen and oxygen atoms in total. The molecule has 1 rings (SSSR count). The van der Waals surface area contributed by atoms with E-state index in [0.717, 1.165) is 6.42 Å². The van der Waals surface area contributed by atoms with Gasteiger partial charge < -0.3 is 5.11 Å². The molecule has 14 heavy (non-hydrogen) atoms. The average molecular weight is 220 g/mol. The third kappa shape index (κ3) is 4.09. The Hall–Kier alpha value is -0.570. The molecule has 1 aliphatic heterocycles. The molecule has 2 unspecified atom stereocenters. The van der Waals surface area contributed by atoms with Crippen LogP contribution in [0.15, 0.2) is 4.99 Å². The monoisotopic (exact) mass is 219 g/mol. The first-order chi connectivity index (χ1) is 6.24. The minimum atomic E-state index is -0.783. The molecule has 0 aliphatic carbocycles. The summed E-state index contributed by atoms with van der Waals surface area (Å²) in [7, 11) is 0. The van der Waals surface area contributed by atoms with Gasteiger partial charge in [0.1, 0.15) is 6.04 Å². The van der Waals surface area contributed by atoms with Crippen LogP contribution in [0.3, 0.4) is 0 Å². The largest absolute Gasteiger partial charge is 0.480 e. The van der Waals surface area contributed by atoms with E-state index >= 15 is 0 Å². The van der Waals surface area contributed by atoms with E-state index < -0.39 is 12.0 Å². The molecule has 1 heterocycles. The summed E-state index contributed by atoms with van der Waals surface area (Å²) in [6.07, 6.45) is 7.28. The van der Waals surface area contributed by atoms with Crippen LogP contribution < -0.4 is 0 Å². The Balaban J connectivity index is 0.00000169. The zero-order valence-corrected chi connectivity index (χ0v) is 9.30. The maximum Gasteiger partial charge on any atom is 0.328 e. The molecular weight excluding hydrogens is 202 g/mol. The van der Waals surface area contributed by atoms with Crippen LogP contribution in [0.25, 0.3) is 0 Å². The SMILES string of the molecule is CCCCCC1C=NC(C(=O)O)C1.Cl. The number of aliphatic imine (C=N–C) groups is 1. The van der Waals surface area contributed by atoms with E-state index in [1.807, 2.05) is 6.21 Å². The number of unbranched alkanes of at least 4 members (excludes halogenated alkanes) is 2. The molecule has 1 aliphatic rings. The van der Waals surface area contributed by atoms with Gasteiger partial charge in [-0.3, -0.25) is 4.99 Å². The van der Waals surface area contributed by atoms with Gasteiger partial charge in [-0.1, -0.05) is 26.2 Å². The van der Waals surface area contributed by atoms with Crippen LogP contribution in [0, 0.1) is 5.92 Å². The predicted octanol–water partition coefficient (Wildman–Crippen LogP) is 2.53. The quantitative estimate of drug-likeness (QED) is 0.723. The number of carboxylic acids is 1. The summed E-state index contributed by atoms with van der Waals surface area (Å²) in [6, 6.07) is -0.466. The van der Waals surface area contributed by atoms with E-state index in [1.165, 1.54) is 19.3 Å². The minimum absolute atomic E-state index is 0. The summed E-state index contributed by atoms with van der Waals surface area (Å²) in [4.78, 5) is 14.5. The Morgan fingerprint density at radius 3 is 2.79 bits per heavy atom. The molecule has 0 aromatic rings. The Morgan fingerprint density at radius 2 is 2.29 bits per heavy atom. The van der Waals surface area contributed by atoms with Gasteiger partial charge in [0.05, 0.1) is 0 Å². The van der Waals surface area contributed by atoms with Crippen molar-refractivity contribution in [3.63, 3.8) is 0 Å². The number of carbonyl (C=O) groups is 1. The zero-order chi connectivity index (χ0) is 9.68. The highest BCUT2D eigenvalue weighted by Crippen LogP contribution is 2.21. The highest BCUT2D eigenvalue weighted by Gasteiger charge is 2.25. The van der Waals surface area contributed by atoms with Gasteiger partial charge in [0.15, 0.2) is 0 Å². The lowest BCUT2D eigenvalue weighted by atomic mass is 9.98. The Labute approximate surface area is 91.0 Å². The van der Waals surface area contributed by atoms with E-state index in [-0.39, 0.29) is 12.4 Å². The van der Waals surface area contributed by atoms with Gasteiger partial charge in [0.25, 0.3) is 0 Å². The highest BCUT2D eigenvalue weighted by atomic mass is 35.5. The topological polar surface area (TPSA) is 49.7 Å². The summed E-state index contributed by atoms with van der Waals surface area (Å²) in [6.45, 7) is 2.17. The van der Waals surface area contributed by atoms with Crippen molar-refractivity contribution < 1.29 is 9.90 Å². The van der Waals surface area contributed by atoms with Crippen LogP contribution in [0.5, 0.6) is 0 Å². The molecule has 0 spiro atoms. The summed E-state index contributed by atoms with van der Waals surface area (Å²) < 4.78 is 0. The van der Waals surface area contributed by atoms with E-state index in [0.29, 0.717) is 12.3 Å². The lowest BCUT2D eigenvalue weighted by Crippen LogP contribution is -2.16. The second-order valence-electron chi connectivity index (χ2n) is 3.64. The fourth-order valence-electron chi connectivity index (χ4n) is 1.65. The Kier molecular flexibility index (Phi) is 6.54. The molecule has 0 amide bonds. The van der Waals surface area contributed by atoms with Crippen molar-refractivity contribution in [2.75, 3.05) is 0 Å². The Morgan fingerprint density at radius 1 is 1.57 bits per heavy atom. The van der Waals surface area contributed by atoms with Crippen LogP contribution in [0.1, 0.15) is 39.0 Å². The first kappa shape index (κ1) is 13.4. The molecule has 1 N–H and O–H groups in total. The van der Waals surface area contributed by atoms with Crippen molar-refractivity contribution in [1.82, 2.24) is 0 Å². The third-order valence-electron chi connectivity index (χ3n) is 2.47. The number of halogens is 1. The third-order valence-corrected chi connectivity index (χ3v) is 2.47. The zero-order valence-electron chi connectivity index (χ0n) is 8.48. The van der Waals surface area contributed by atoms with Crippen molar-refractivity contribution in [2.24, 2.45) is 10.9 Å². The van der Waals surface area contributed by atoms with Crippen molar-refractivity contribution in [3.05, 3.63) is 0 Å². The molecular formula is C10H18ClNO2. The molecule has 0 bridgehead atoms. The molecule has 0 fully saturated rings. The number of hydrogen-bond donors (Lipinski definition) is 1.